The fourth-order valence-corrected chi connectivity index (χ4v) is 6.60. The van der Waals surface area contributed by atoms with Crippen molar-refractivity contribution in [3.05, 3.63) is 87.2 Å². The number of carbonyl (C=O) groups excluding carboxylic acids is 2. The number of carbonyl (C=O) groups is 2. The van der Waals surface area contributed by atoms with Crippen LogP contribution in [-0.2, 0) is 4.79 Å². The van der Waals surface area contributed by atoms with Crippen LogP contribution in [0.2, 0.25) is 9.36 Å². The molecule has 1 amide bonds. The lowest BCUT2D eigenvalue weighted by atomic mass is 9.99. The van der Waals surface area contributed by atoms with Crippen molar-refractivity contribution in [2.45, 2.75) is 43.9 Å². The number of hydrogen-bond acceptors (Lipinski definition) is 6. The summed E-state index contributed by atoms with van der Waals surface area (Å²) < 4.78 is 7.66. The molecule has 2 atom stereocenters. The molecular weight excluding hydrogens is 579 g/mol. The van der Waals surface area contributed by atoms with Crippen LogP contribution >= 0.6 is 34.5 Å². The number of ether oxygens (including phenoxy) is 1. The SMILES string of the molecule is O=C(NC(CN1CCCC1)C(O)c1ccc(OC2CC2)c(Cl)c1)C(=O)c1ccc(-c2ccc3sc(Cl)cc3c2)cc1. The van der Waals surface area contributed by atoms with E-state index in [1.165, 1.54) is 11.3 Å². The number of hydrogen-bond donors (Lipinski definition) is 2. The second-order valence-electron chi connectivity index (χ2n) is 10.7. The number of aliphatic hydroxyl groups is 1. The number of rotatable bonds is 10. The molecule has 2 unspecified atom stereocenters. The summed E-state index contributed by atoms with van der Waals surface area (Å²) in [5.41, 5.74) is 2.77. The molecule has 0 radical (unpaired) electrons. The van der Waals surface area contributed by atoms with Gasteiger partial charge in [0.2, 0.25) is 5.78 Å². The minimum atomic E-state index is -1.05. The van der Waals surface area contributed by atoms with Gasteiger partial charge in [0.05, 0.1) is 21.5 Å². The van der Waals surface area contributed by atoms with E-state index < -0.39 is 23.8 Å². The van der Waals surface area contributed by atoms with Crippen molar-refractivity contribution in [3.63, 3.8) is 0 Å². The molecule has 6 nitrogen and oxygen atoms in total. The summed E-state index contributed by atoms with van der Waals surface area (Å²) in [7, 11) is 0. The highest BCUT2D eigenvalue weighted by Crippen LogP contribution is 2.35. The van der Waals surface area contributed by atoms with Gasteiger partial charge in [-0.2, -0.15) is 0 Å². The first kappa shape index (κ1) is 28.2. The van der Waals surface area contributed by atoms with Crippen molar-refractivity contribution < 1.29 is 19.4 Å². The molecule has 2 N–H and O–H groups in total. The molecule has 2 fully saturated rings. The van der Waals surface area contributed by atoms with Crippen molar-refractivity contribution in [1.29, 1.82) is 0 Å². The van der Waals surface area contributed by atoms with Crippen LogP contribution in [0.4, 0.5) is 0 Å². The smallest absolute Gasteiger partial charge is 0.292 e. The van der Waals surface area contributed by atoms with E-state index in [4.69, 9.17) is 27.9 Å². The second kappa shape index (κ2) is 12.1. The van der Waals surface area contributed by atoms with Gasteiger partial charge in [0.15, 0.2) is 0 Å². The standard InChI is InChI=1S/C32H30Cl2N2O4S/c33-25-16-22(7-11-27(25)40-24-9-10-24)30(37)26(18-36-13-1-2-14-36)35-32(39)31(38)20-5-3-19(4-6-20)21-8-12-28-23(15-21)17-29(34)41-28/h3-8,11-12,15-17,24,26,30,37H,1-2,9-10,13-14,18H2,(H,35,39). The Kier molecular flexibility index (Phi) is 8.33. The van der Waals surface area contributed by atoms with Crippen molar-refractivity contribution in [2.24, 2.45) is 0 Å². The van der Waals surface area contributed by atoms with Gasteiger partial charge < -0.3 is 20.1 Å². The molecule has 1 aliphatic carbocycles. The maximum absolute atomic E-state index is 13.2. The minimum Gasteiger partial charge on any atom is -0.489 e. The Balaban J connectivity index is 1.16. The first-order chi connectivity index (χ1) is 19.8. The number of nitrogens with zero attached hydrogens (tertiary/aromatic N) is 1. The number of fused-ring (bicyclic) bond motifs is 1. The highest BCUT2D eigenvalue weighted by atomic mass is 35.5. The summed E-state index contributed by atoms with van der Waals surface area (Å²) in [6, 6.07) is 19.5. The lowest BCUT2D eigenvalue weighted by molar-refractivity contribution is -0.118. The van der Waals surface area contributed by atoms with Crippen molar-refractivity contribution >= 4 is 56.3 Å². The van der Waals surface area contributed by atoms with Crippen LogP contribution < -0.4 is 10.1 Å². The van der Waals surface area contributed by atoms with E-state index in [0.717, 1.165) is 64.3 Å². The quantitative estimate of drug-likeness (QED) is 0.151. The lowest BCUT2D eigenvalue weighted by Crippen LogP contribution is -2.48. The number of halogens is 2. The van der Waals surface area contributed by atoms with E-state index in [9.17, 15) is 14.7 Å². The van der Waals surface area contributed by atoms with E-state index in [0.29, 0.717) is 22.9 Å². The molecule has 1 saturated carbocycles. The van der Waals surface area contributed by atoms with Gasteiger partial charge in [-0.05, 0) is 91.2 Å². The maximum atomic E-state index is 13.2. The monoisotopic (exact) mass is 608 g/mol. The molecule has 0 bridgehead atoms. The molecule has 212 valence electrons. The fraction of sp³-hybridized carbons (Fsp3) is 0.312. The first-order valence-electron chi connectivity index (χ1n) is 13.9. The van der Waals surface area contributed by atoms with Crippen LogP contribution in [0.25, 0.3) is 21.2 Å². The number of thiophene rings is 1. The number of aliphatic hydroxyl groups excluding tert-OH is 1. The average Bonchev–Trinajstić information content (AvgIpc) is 3.48. The van der Waals surface area contributed by atoms with Gasteiger partial charge >= 0.3 is 0 Å². The van der Waals surface area contributed by atoms with Crippen molar-refractivity contribution in [3.8, 4) is 16.9 Å². The van der Waals surface area contributed by atoms with Gasteiger partial charge in [-0.1, -0.05) is 59.6 Å². The number of ketones is 1. The van der Waals surface area contributed by atoms with E-state index in [-0.39, 0.29) is 11.7 Å². The molecule has 9 heteroatoms. The zero-order chi connectivity index (χ0) is 28.5. The van der Waals surface area contributed by atoms with Crippen LogP contribution in [0.15, 0.2) is 66.7 Å². The zero-order valence-corrected chi connectivity index (χ0v) is 24.6. The summed E-state index contributed by atoms with van der Waals surface area (Å²) in [6.45, 7) is 2.19. The van der Waals surface area contributed by atoms with Crippen LogP contribution in [0.1, 0.15) is 47.7 Å². The topological polar surface area (TPSA) is 78.9 Å². The third-order valence-electron chi connectivity index (χ3n) is 7.64. The van der Waals surface area contributed by atoms with Crippen LogP contribution in [0, 0.1) is 0 Å². The van der Waals surface area contributed by atoms with Crippen LogP contribution in [0.5, 0.6) is 5.75 Å². The summed E-state index contributed by atoms with van der Waals surface area (Å²) in [6.07, 6.45) is 3.31. The molecule has 4 aromatic rings. The van der Waals surface area contributed by atoms with Gasteiger partial charge in [0, 0.05) is 16.8 Å². The summed E-state index contributed by atoms with van der Waals surface area (Å²) in [5, 5.41) is 15.6. The Morgan fingerprint density at radius 3 is 2.41 bits per heavy atom. The lowest BCUT2D eigenvalue weighted by Gasteiger charge is -2.28. The molecule has 1 aromatic heterocycles. The maximum Gasteiger partial charge on any atom is 0.292 e. The first-order valence-corrected chi connectivity index (χ1v) is 15.4. The molecule has 2 heterocycles. The Bertz CT molecular complexity index is 1580. The Hall–Kier alpha value is -2.94. The van der Waals surface area contributed by atoms with E-state index >= 15 is 0 Å². The van der Waals surface area contributed by atoms with Gasteiger partial charge in [-0.15, -0.1) is 11.3 Å². The number of nitrogens with one attached hydrogen (secondary N) is 1. The average molecular weight is 610 g/mol. The number of likely N-dealkylation sites (tertiary alicyclic amines) is 1. The predicted octanol–water partition coefficient (Wildman–Crippen LogP) is 6.91. The third kappa shape index (κ3) is 6.60. The summed E-state index contributed by atoms with van der Waals surface area (Å²) >= 11 is 14.1. The molecule has 3 aromatic carbocycles. The fourth-order valence-electron chi connectivity index (χ4n) is 5.23. The molecular formula is C32H30Cl2N2O4S. The number of benzene rings is 3. The third-order valence-corrected chi connectivity index (χ3v) is 9.18. The molecule has 41 heavy (non-hydrogen) atoms. The molecule has 1 aliphatic heterocycles. The molecule has 6 rings (SSSR count). The van der Waals surface area contributed by atoms with Gasteiger partial charge in [0.25, 0.3) is 5.91 Å². The Morgan fingerprint density at radius 1 is 0.976 bits per heavy atom. The van der Waals surface area contributed by atoms with Gasteiger partial charge in [-0.3, -0.25) is 9.59 Å². The Labute approximate surface area is 252 Å². The van der Waals surface area contributed by atoms with Crippen molar-refractivity contribution in [2.75, 3.05) is 19.6 Å². The van der Waals surface area contributed by atoms with Gasteiger partial charge in [-0.25, -0.2) is 0 Å². The van der Waals surface area contributed by atoms with Crippen LogP contribution in [-0.4, -0.2) is 53.5 Å². The summed E-state index contributed by atoms with van der Waals surface area (Å²) in [4.78, 5) is 28.5. The Morgan fingerprint density at radius 2 is 1.71 bits per heavy atom. The molecule has 2 aliphatic rings. The summed E-state index contributed by atoms with van der Waals surface area (Å²) in [5.74, 6) is -0.820. The number of amides is 1. The predicted molar refractivity (Wildman–Crippen MR) is 164 cm³/mol. The highest BCUT2D eigenvalue weighted by Gasteiger charge is 2.30. The van der Waals surface area contributed by atoms with Crippen molar-refractivity contribution in [1.82, 2.24) is 10.2 Å². The largest absolute Gasteiger partial charge is 0.489 e. The highest BCUT2D eigenvalue weighted by molar-refractivity contribution is 7.22. The van der Waals surface area contributed by atoms with E-state index in [1.54, 1.807) is 30.3 Å². The van der Waals surface area contributed by atoms with E-state index in [1.807, 2.05) is 30.3 Å². The number of Topliss-reactive ketones (excluding diaryl/α,β-unsaturated/α-hetero) is 1. The minimum absolute atomic E-state index is 0.203. The normalized spacial score (nSPS) is 17.0. The zero-order valence-electron chi connectivity index (χ0n) is 22.3. The van der Waals surface area contributed by atoms with Crippen LogP contribution in [0.3, 0.4) is 0 Å². The molecule has 1 saturated heterocycles. The molecule has 0 spiro atoms. The van der Waals surface area contributed by atoms with E-state index in [2.05, 4.69) is 16.3 Å². The van der Waals surface area contributed by atoms with Gasteiger partial charge in [0.1, 0.15) is 11.9 Å². The second-order valence-corrected chi connectivity index (χ2v) is 12.9.